The number of benzene rings is 3. The second-order valence-corrected chi connectivity index (χ2v) is 14.1. The van der Waals surface area contributed by atoms with Gasteiger partial charge >= 0.3 is 12.2 Å². The zero-order chi connectivity index (χ0) is 36.9. The van der Waals surface area contributed by atoms with Crippen LogP contribution in [0.15, 0.2) is 72.8 Å². The van der Waals surface area contributed by atoms with E-state index in [4.69, 9.17) is 21.1 Å². The molecule has 15 heteroatoms. The van der Waals surface area contributed by atoms with Gasteiger partial charge in [-0.15, -0.1) is 0 Å². The quantitative estimate of drug-likeness (QED) is 0.203. The van der Waals surface area contributed by atoms with Gasteiger partial charge in [0.1, 0.15) is 5.75 Å². The van der Waals surface area contributed by atoms with E-state index in [0.29, 0.717) is 54.7 Å². The molecule has 1 aliphatic carbocycles. The van der Waals surface area contributed by atoms with Crippen LogP contribution in [0.25, 0.3) is 0 Å². The lowest BCUT2D eigenvalue weighted by molar-refractivity contribution is -0.154. The molecule has 4 aromatic rings. The molecule has 5 aliphatic rings. The molecule has 274 valence electrons. The monoisotopic (exact) mass is 737 g/mol. The van der Waals surface area contributed by atoms with Crippen LogP contribution in [0.3, 0.4) is 0 Å². The standard InChI is InChI=1S/C37H39ClF3N7O4/c1-36(2)20-43-31(49)25-10-12-26(13-11-25)44-34-45-33(46-35(47-34)52-22-37(39,40)41)42-19-23-9-14-30(29(38)17-23)51-16-6-15-48(21-36)32(50)28-18-27(28)24-7-4-3-5-8-24/h3-5,7-14,17,27-28H,6,15-16,18-22H2,1-2H3,(H,43,49)(H2,42,44,45,46,47). The Morgan fingerprint density at radius 3 is 2.50 bits per heavy atom. The minimum Gasteiger partial charge on any atom is -0.492 e. The van der Waals surface area contributed by atoms with Crippen molar-refractivity contribution in [1.82, 2.24) is 25.2 Å². The summed E-state index contributed by atoms with van der Waals surface area (Å²) in [4.78, 5) is 41.2. The Hall–Kier alpha value is -5.11. The number of anilines is 3. The highest BCUT2D eigenvalue weighted by Gasteiger charge is 2.46. The van der Waals surface area contributed by atoms with Gasteiger partial charge in [0.25, 0.3) is 5.91 Å². The van der Waals surface area contributed by atoms with Crippen LogP contribution in [0, 0.1) is 11.3 Å². The van der Waals surface area contributed by atoms with Crippen molar-refractivity contribution in [3.63, 3.8) is 0 Å². The predicted molar refractivity (Wildman–Crippen MR) is 190 cm³/mol. The van der Waals surface area contributed by atoms with Gasteiger partial charge in [-0.1, -0.05) is 61.8 Å². The van der Waals surface area contributed by atoms with Gasteiger partial charge in [-0.05, 0) is 71.7 Å². The molecule has 11 nitrogen and oxygen atoms in total. The molecule has 0 saturated heterocycles. The fraction of sp³-hybridized carbons (Fsp3) is 0.378. The fourth-order valence-electron chi connectivity index (χ4n) is 5.96. The van der Waals surface area contributed by atoms with E-state index in [0.717, 1.165) is 17.5 Å². The molecule has 1 fully saturated rings. The molecule has 0 radical (unpaired) electrons. The molecular weight excluding hydrogens is 699 g/mol. The summed E-state index contributed by atoms with van der Waals surface area (Å²) in [5, 5.41) is 9.26. The topological polar surface area (TPSA) is 131 Å². The molecule has 0 spiro atoms. The molecule has 2 amide bonds. The number of nitrogens with one attached hydrogen (secondary N) is 3. The van der Waals surface area contributed by atoms with Crippen molar-refractivity contribution in [3.05, 3.63) is 94.5 Å². The normalized spacial score (nSPS) is 19.3. The fourth-order valence-corrected chi connectivity index (χ4v) is 6.22. The van der Waals surface area contributed by atoms with E-state index in [2.05, 4.69) is 43.0 Å². The van der Waals surface area contributed by atoms with Crippen molar-refractivity contribution in [2.45, 2.75) is 45.3 Å². The van der Waals surface area contributed by atoms with Gasteiger partial charge in [-0.25, -0.2) is 0 Å². The summed E-state index contributed by atoms with van der Waals surface area (Å²) in [5.74, 6) is 0.232. The summed E-state index contributed by atoms with van der Waals surface area (Å²) in [6, 6.07) is 21.2. The van der Waals surface area contributed by atoms with Crippen LogP contribution in [-0.4, -0.2) is 70.7 Å². The van der Waals surface area contributed by atoms with Gasteiger partial charge in [0.15, 0.2) is 6.61 Å². The number of carbonyl (C=O) groups excluding carboxylic acids is 2. The number of aromatic nitrogens is 3. The van der Waals surface area contributed by atoms with Crippen molar-refractivity contribution in [1.29, 1.82) is 0 Å². The van der Waals surface area contributed by atoms with Crippen molar-refractivity contribution >= 4 is 41.0 Å². The lowest BCUT2D eigenvalue weighted by atomic mass is 9.92. The van der Waals surface area contributed by atoms with Crippen LogP contribution < -0.4 is 25.4 Å². The highest BCUT2D eigenvalue weighted by atomic mass is 35.5. The number of nitrogens with zero attached hydrogens (tertiary/aromatic N) is 4. The van der Waals surface area contributed by atoms with Crippen LogP contribution in [0.5, 0.6) is 11.8 Å². The Labute approximate surface area is 304 Å². The number of halogens is 4. The first-order valence-electron chi connectivity index (χ1n) is 16.9. The third-order valence-electron chi connectivity index (χ3n) is 8.65. The second kappa shape index (κ2) is 15.6. The lowest BCUT2D eigenvalue weighted by Gasteiger charge is -2.33. The number of ether oxygens (including phenoxy) is 2. The predicted octanol–water partition coefficient (Wildman–Crippen LogP) is 6.99. The summed E-state index contributed by atoms with van der Waals surface area (Å²) in [6.07, 6.45) is -3.25. The van der Waals surface area contributed by atoms with E-state index in [-0.39, 0.29) is 42.1 Å². The lowest BCUT2D eigenvalue weighted by Crippen LogP contribution is -2.45. The SMILES string of the molecule is CC1(C)CNC(=O)c2ccc(cc2)Nc2nc(nc(OCC(F)(F)F)n2)NCc2ccc(c(Cl)c2)OCCCN(C(=O)C2CC2c2ccccc2)C1. The van der Waals surface area contributed by atoms with Crippen molar-refractivity contribution < 1.29 is 32.2 Å². The summed E-state index contributed by atoms with van der Waals surface area (Å²) in [6.45, 7) is 4.11. The minimum atomic E-state index is -4.60. The number of amides is 2. The molecule has 1 aromatic heterocycles. The second-order valence-electron chi connectivity index (χ2n) is 13.7. The molecule has 9 rings (SSSR count). The first-order chi connectivity index (χ1) is 24.8. The molecule has 1 saturated carbocycles. The zero-order valence-electron chi connectivity index (χ0n) is 28.7. The maximum absolute atomic E-state index is 13.9. The first-order valence-corrected chi connectivity index (χ1v) is 17.3. The number of hydrogen-bond acceptors (Lipinski definition) is 9. The number of alkyl halides is 3. The van der Waals surface area contributed by atoms with Gasteiger partial charge in [-0.2, -0.15) is 28.1 Å². The Kier molecular flexibility index (Phi) is 11.0. The number of carbonyl (C=O) groups is 2. The molecule has 52 heavy (non-hydrogen) atoms. The number of hydrogen-bond donors (Lipinski definition) is 3. The molecule has 3 N–H and O–H groups in total. The van der Waals surface area contributed by atoms with Gasteiger partial charge < -0.3 is 30.3 Å². The summed E-state index contributed by atoms with van der Waals surface area (Å²) >= 11 is 6.56. The molecule has 3 aromatic carbocycles. The molecule has 2 atom stereocenters. The van der Waals surface area contributed by atoms with Crippen molar-refractivity contribution in [2.75, 3.05) is 43.5 Å². The Bertz CT molecular complexity index is 1880. The van der Waals surface area contributed by atoms with E-state index >= 15 is 0 Å². The molecule has 5 heterocycles. The van der Waals surface area contributed by atoms with Crippen LogP contribution >= 0.6 is 11.6 Å². The number of rotatable bonds is 4. The van der Waals surface area contributed by atoms with Gasteiger partial charge in [-0.3, -0.25) is 9.59 Å². The summed E-state index contributed by atoms with van der Waals surface area (Å²) in [7, 11) is 0. The highest BCUT2D eigenvalue weighted by molar-refractivity contribution is 6.32. The third kappa shape index (κ3) is 10.0. The zero-order valence-corrected chi connectivity index (χ0v) is 29.4. The molecule has 2 unspecified atom stereocenters. The minimum absolute atomic E-state index is 0.0421. The summed E-state index contributed by atoms with van der Waals surface area (Å²) < 4.78 is 49.5. The molecular formula is C37H39ClF3N7O4. The van der Waals surface area contributed by atoms with Gasteiger partial charge in [0.2, 0.25) is 17.8 Å². The Morgan fingerprint density at radius 1 is 1.02 bits per heavy atom. The first kappa shape index (κ1) is 36.7. The average Bonchev–Trinajstić information content (AvgIpc) is 3.92. The van der Waals surface area contributed by atoms with E-state index < -0.39 is 24.2 Å². The summed E-state index contributed by atoms with van der Waals surface area (Å²) in [5.41, 5.74) is 2.28. The van der Waals surface area contributed by atoms with Crippen LogP contribution in [0.2, 0.25) is 5.02 Å². The van der Waals surface area contributed by atoms with E-state index in [1.807, 2.05) is 36.9 Å². The molecule has 4 aliphatic heterocycles. The smallest absolute Gasteiger partial charge is 0.422 e. The van der Waals surface area contributed by atoms with Crippen LogP contribution in [-0.2, 0) is 11.3 Å². The largest absolute Gasteiger partial charge is 0.492 e. The Balaban J connectivity index is 1.22. The maximum atomic E-state index is 13.9. The van der Waals surface area contributed by atoms with E-state index in [1.165, 1.54) is 0 Å². The molecule has 6 bridgehead atoms. The average molecular weight is 738 g/mol. The van der Waals surface area contributed by atoms with E-state index in [9.17, 15) is 22.8 Å². The van der Waals surface area contributed by atoms with E-state index in [1.54, 1.807) is 42.5 Å². The van der Waals surface area contributed by atoms with Crippen LogP contribution in [0.1, 0.15) is 54.1 Å². The van der Waals surface area contributed by atoms with Crippen molar-refractivity contribution in [3.8, 4) is 11.8 Å². The highest BCUT2D eigenvalue weighted by Crippen LogP contribution is 2.48. The Morgan fingerprint density at radius 2 is 1.77 bits per heavy atom. The van der Waals surface area contributed by atoms with Crippen molar-refractivity contribution in [2.24, 2.45) is 11.3 Å². The third-order valence-corrected chi connectivity index (χ3v) is 8.95. The van der Waals surface area contributed by atoms with Crippen LogP contribution in [0.4, 0.5) is 30.8 Å². The van der Waals surface area contributed by atoms with Gasteiger partial charge in [0, 0.05) is 43.3 Å². The maximum Gasteiger partial charge on any atom is 0.422 e. The van der Waals surface area contributed by atoms with Gasteiger partial charge in [0.05, 0.1) is 11.6 Å².